The Hall–Kier alpha value is -1.10. The SMILES string of the molecule is CC(C1CC1)N(C)CC(=O)N1CCC(C(=O)N2CCCC2)CC1. The molecule has 23 heavy (non-hydrogen) atoms. The van der Waals surface area contributed by atoms with Crippen LogP contribution in [0.2, 0.25) is 0 Å². The van der Waals surface area contributed by atoms with Crippen LogP contribution in [0.25, 0.3) is 0 Å². The molecule has 5 nitrogen and oxygen atoms in total. The van der Waals surface area contributed by atoms with E-state index in [1.807, 2.05) is 9.80 Å². The van der Waals surface area contributed by atoms with Gasteiger partial charge in [-0.15, -0.1) is 0 Å². The molecule has 0 aromatic rings. The molecule has 1 aliphatic carbocycles. The van der Waals surface area contributed by atoms with E-state index in [0.717, 1.165) is 57.8 Å². The van der Waals surface area contributed by atoms with Gasteiger partial charge in [-0.1, -0.05) is 0 Å². The Morgan fingerprint density at radius 3 is 2.17 bits per heavy atom. The Bertz CT molecular complexity index is 436. The average Bonchev–Trinajstić information content (AvgIpc) is 3.27. The predicted octanol–water partition coefficient (Wildman–Crippen LogP) is 1.58. The van der Waals surface area contributed by atoms with E-state index in [9.17, 15) is 9.59 Å². The molecular formula is C18H31N3O2. The van der Waals surface area contributed by atoms with Crippen molar-refractivity contribution in [2.24, 2.45) is 11.8 Å². The summed E-state index contributed by atoms with van der Waals surface area (Å²) in [7, 11) is 2.06. The summed E-state index contributed by atoms with van der Waals surface area (Å²) in [6, 6.07) is 0.508. The highest BCUT2D eigenvalue weighted by Gasteiger charge is 2.34. The summed E-state index contributed by atoms with van der Waals surface area (Å²) in [5.74, 6) is 1.48. The largest absolute Gasteiger partial charge is 0.342 e. The fourth-order valence-electron chi connectivity index (χ4n) is 3.97. The minimum atomic E-state index is 0.139. The first-order chi connectivity index (χ1) is 11.1. The molecule has 5 heteroatoms. The van der Waals surface area contributed by atoms with Crippen molar-refractivity contribution in [1.82, 2.24) is 14.7 Å². The van der Waals surface area contributed by atoms with E-state index >= 15 is 0 Å². The number of likely N-dealkylation sites (N-methyl/N-ethyl adjacent to an activating group) is 1. The zero-order chi connectivity index (χ0) is 16.4. The molecule has 2 heterocycles. The zero-order valence-corrected chi connectivity index (χ0v) is 14.7. The van der Waals surface area contributed by atoms with Crippen molar-refractivity contribution in [3.05, 3.63) is 0 Å². The van der Waals surface area contributed by atoms with Gasteiger partial charge in [0, 0.05) is 38.1 Å². The number of likely N-dealkylation sites (tertiary alicyclic amines) is 2. The molecule has 0 spiro atoms. The van der Waals surface area contributed by atoms with E-state index in [2.05, 4.69) is 18.9 Å². The third-order valence-electron chi connectivity index (χ3n) is 6.00. The summed E-state index contributed by atoms with van der Waals surface area (Å²) in [4.78, 5) is 31.1. The van der Waals surface area contributed by atoms with E-state index < -0.39 is 0 Å². The maximum Gasteiger partial charge on any atom is 0.236 e. The van der Waals surface area contributed by atoms with Crippen LogP contribution in [0.4, 0.5) is 0 Å². The standard InChI is InChI=1S/C18H31N3O2/c1-14(15-5-6-15)19(2)13-17(22)20-11-7-16(8-12-20)18(23)21-9-3-4-10-21/h14-16H,3-13H2,1-2H3. The minimum absolute atomic E-state index is 0.139. The van der Waals surface area contributed by atoms with Crippen LogP contribution in [0, 0.1) is 11.8 Å². The highest BCUT2D eigenvalue weighted by molar-refractivity contribution is 5.81. The second-order valence-electron chi connectivity index (χ2n) is 7.68. The number of hydrogen-bond donors (Lipinski definition) is 0. The van der Waals surface area contributed by atoms with Gasteiger partial charge >= 0.3 is 0 Å². The fourth-order valence-corrected chi connectivity index (χ4v) is 3.97. The lowest BCUT2D eigenvalue weighted by atomic mass is 9.95. The lowest BCUT2D eigenvalue weighted by Gasteiger charge is -2.34. The van der Waals surface area contributed by atoms with E-state index in [1.54, 1.807) is 0 Å². The Balaban J connectivity index is 1.42. The minimum Gasteiger partial charge on any atom is -0.342 e. The number of piperidine rings is 1. The molecule has 0 aromatic carbocycles. The van der Waals surface area contributed by atoms with Crippen LogP contribution in [0.15, 0.2) is 0 Å². The van der Waals surface area contributed by atoms with Gasteiger partial charge < -0.3 is 9.80 Å². The van der Waals surface area contributed by atoms with Crippen LogP contribution in [0.1, 0.15) is 45.4 Å². The summed E-state index contributed by atoms with van der Waals surface area (Å²) in [6.07, 6.45) is 6.59. The van der Waals surface area contributed by atoms with Crippen molar-refractivity contribution >= 4 is 11.8 Å². The molecule has 3 fully saturated rings. The first-order valence-electron chi connectivity index (χ1n) is 9.33. The first kappa shape index (κ1) is 16.7. The fraction of sp³-hybridized carbons (Fsp3) is 0.889. The molecule has 2 amide bonds. The number of nitrogens with zero attached hydrogens (tertiary/aromatic N) is 3. The average molecular weight is 321 g/mol. The molecule has 0 bridgehead atoms. The van der Waals surface area contributed by atoms with Crippen molar-refractivity contribution in [1.29, 1.82) is 0 Å². The molecule has 0 radical (unpaired) electrons. The Morgan fingerprint density at radius 2 is 1.61 bits per heavy atom. The quantitative estimate of drug-likeness (QED) is 0.772. The topological polar surface area (TPSA) is 43.9 Å². The monoisotopic (exact) mass is 321 g/mol. The van der Waals surface area contributed by atoms with Crippen molar-refractivity contribution in [2.45, 2.75) is 51.5 Å². The Labute approximate surface area is 140 Å². The van der Waals surface area contributed by atoms with E-state index in [0.29, 0.717) is 18.5 Å². The summed E-state index contributed by atoms with van der Waals surface area (Å²) < 4.78 is 0. The van der Waals surface area contributed by atoms with Crippen LogP contribution in [-0.4, -0.2) is 72.3 Å². The molecule has 2 saturated heterocycles. The molecule has 2 aliphatic heterocycles. The number of carbonyl (C=O) groups excluding carboxylic acids is 2. The van der Waals surface area contributed by atoms with E-state index in [-0.39, 0.29) is 11.8 Å². The second-order valence-corrected chi connectivity index (χ2v) is 7.68. The molecule has 1 saturated carbocycles. The first-order valence-corrected chi connectivity index (χ1v) is 9.33. The molecule has 3 rings (SSSR count). The van der Waals surface area contributed by atoms with Gasteiger partial charge in [0.1, 0.15) is 0 Å². The molecule has 1 unspecified atom stereocenters. The third kappa shape index (κ3) is 4.06. The highest BCUT2D eigenvalue weighted by Crippen LogP contribution is 2.34. The number of rotatable bonds is 5. The maximum absolute atomic E-state index is 12.5. The van der Waals surface area contributed by atoms with Gasteiger partial charge in [-0.05, 0) is 58.4 Å². The Morgan fingerprint density at radius 1 is 1.00 bits per heavy atom. The highest BCUT2D eigenvalue weighted by atomic mass is 16.2. The number of carbonyl (C=O) groups is 2. The summed E-state index contributed by atoms with van der Waals surface area (Å²) in [6.45, 7) is 6.10. The van der Waals surface area contributed by atoms with Crippen LogP contribution in [0.5, 0.6) is 0 Å². The summed E-state index contributed by atoms with van der Waals surface area (Å²) >= 11 is 0. The Kier molecular flexibility index (Phi) is 5.24. The van der Waals surface area contributed by atoms with Gasteiger partial charge in [0.25, 0.3) is 0 Å². The number of hydrogen-bond acceptors (Lipinski definition) is 3. The predicted molar refractivity (Wildman–Crippen MR) is 89.9 cm³/mol. The smallest absolute Gasteiger partial charge is 0.236 e. The van der Waals surface area contributed by atoms with Gasteiger partial charge in [0.15, 0.2) is 0 Å². The van der Waals surface area contributed by atoms with Gasteiger partial charge in [0.05, 0.1) is 6.54 Å². The molecule has 130 valence electrons. The third-order valence-corrected chi connectivity index (χ3v) is 6.00. The van der Waals surface area contributed by atoms with Gasteiger partial charge in [-0.25, -0.2) is 0 Å². The lowest BCUT2D eigenvalue weighted by Crippen LogP contribution is -2.47. The number of amides is 2. The zero-order valence-electron chi connectivity index (χ0n) is 14.7. The molecule has 0 N–H and O–H groups in total. The lowest BCUT2D eigenvalue weighted by molar-refractivity contribution is -0.140. The van der Waals surface area contributed by atoms with Crippen LogP contribution in [0.3, 0.4) is 0 Å². The maximum atomic E-state index is 12.5. The van der Waals surface area contributed by atoms with Gasteiger partial charge in [-0.3, -0.25) is 14.5 Å². The van der Waals surface area contributed by atoms with Crippen molar-refractivity contribution in [3.8, 4) is 0 Å². The van der Waals surface area contributed by atoms with Crippen LogP contribution < -0.4 is 0 Å². The molecule has 3 aliphatic rings. The molecular weight excluding hydrogens is 290 g/mol. The van der Waals surface area contributed by atoms with Crippen LogP contribution >= 0.6 is 0 Å². The van der Waals surface area contributed by atoms with Crippen LogP contribution in [-0.2, 0) is 9.59 Å². The van der Waals surface area contributed by atoms with Crippen molar-refractivity contribution < 1.29 is 9.59 Å². The van der Waals surface area contributed by atoms with E-state index in [1.165, 1.54) is 12.8 Å². The summed E-state index contributed by atoms with van der Waals surface area (Å²) in [5.41, 5.74) is 0. The van der Waals surface area contributed by atoms with E-state index in [4.69, 9.17) is 0 Å². The van der Waals surface area contributed by atoms with Gasteiger partial charge in [-0.2, -0.15) is 0 Å². The molecule has 0 aromatic heterocycles. The summed E-state index contributed by atoms with van der Waals surface area (Å²) in [5, 5.41) is 0. The van der Waals surface area contributed by atoms with Crippen molar-refractivity contribution in [3.63, 3.8) is 0 Å². The normalized spacial score (nSPS) is 24.3. The van der Waals surface area contributed by atoms with Gasteiger partial charge in [0.2, 0.25) is 11.8 Å². The second kappa shape index (κ2) is 7.20. The van der Waals surface area contributed by atoms with Crippen molar-refractivity contribution in [2.75, 3.05) is 39.8 Å². The molecule has 1 atom stereocenters.